The molecule has 1 unspecified atom stereocenters. The molecule has 1 saturated heterocycles. The molecule has 0 aromatic carbocycles. The second-order valence-corrected chi connectivity index (χ2v) is 7.23. The van der Waals surface area contributed by atoms with Gasteiger partial charge in [0, 0.05) is 32.7 Å². The first-order chi connectivity index (χ1) is 11.7. The van der Waals surface area contributed by atoms with Crippen LogP contribution in [0.3, 0.4) is 0 Å². The van der Waals surface area contributed by atoms with Crippen molar-refractivity contribution in [2.24, 2.45) is 10.4 Å². The van der Waals surface area contributed by atoms with Crippen LogP contribution in [0.1, 0.15) is 59.3 Å². The third-order valence-corrected chi connectivity index (χ3v) is 4.82. The van der Waals surface area contributed by atoms with Gasteiger partial charge in [-0.15, -0.1) is 34.2 Å². The first kappa shape index (κ1) is 22.2. The number of unbranched alkanes of at least 4 members (excludes halogenated alkanes) is 1. The highest BCUT2D eigenvalue weighted by atomic mass is 127. The average Bonchev–Trinajstić information content (AvgIpc) is 3.07. The van der Waals surface area contributed by atoms with Crippen molar-refractivity contribution in [2.75, 3.05) is 26.2 Å². The normalized spacial score (nSPS) is 21.1. The average molecular weight is 462 g/mol. The molecule has 7 heteroatoms. The van der Waals surface area contributed by atoms with Crippen molar-refractivity contribution < 1.29 is 0 Å². The summed E-state index contributed by atoms with van der Waals surface area (Å²) in [5, 5.41) is 11.2. The van der Waals surface area contributed by atoms with Crippen molar-refractivity contribution in [1.82, 2.24) is 25.0 Å². The van der Waals surface area contributed by atoms with Crippen molar-refractivity contribution in [3.8, 4) is 0 Å². The van der Waals surface area contributed by atoms with Gasteiger partial charge in [0.1, 0.15) is 12.7 Å². The number of piperidine rings is 1. The van der Waals surface area contributed by atoms with Gasteiger partial charge in [-0.1, -0.05) is 20.3 Å². The number of nitrogens with one attached hydrogen (secondary N) is 1. The molecule has 2 heterocycles. The van der Waals surface area contributed by atoms with Crippen LogP contribution in [0.2, 0.25) is 0 Å². The fraction of sp³-hybridized carbons (Fsp3) is 0.833. The smallest absolute Gasteiger partial charge is 0.193 e. The number of hydrogen-bond donors (Lipinski definition) is 1. The Morgan fingerprint density at radius 2 is 2.00 bits per heavy atom. The zero-order chi connectivity index (χ0) is 17.3. The lowest BCUT2D eigenvalue weighted by atomic mass is 9.78. The predicted octanol–water partition coefficient (Wildman–Crippen LogP) is 3.54. The highest BCUT2D eigenvalue weighted by Crippen LogP contribution is 2.33. The number of aryl methyl sites for hydroxylation is 1. The minimum Gasteiger partial charge on any atom is -0.357 e. The summed E-state index contributed by atoms with van der Waals surface area (Å²) >= 11 is 0. The van der Waals surface area contributed by atoms with Crippen LogP contribution in [0.15, 0.2) is 17.6 Å². The first-order valence-electron chi connectivity index (χ1n) is 9.52. The van der Waals surface area contributed by atoms with Crippen LogP contribution >= 0.6 is 24.0 Å². The zero-order valence-electron chi connectivity index (χ0n) is 16.1. The lowest BCUT2D eigenvalue weighted by Gasteiger charge is -2.42. The van der Waals surface area contributed by atoms with E-state index in [1.807, 2.05) is 4.57 Å². The van der Waals surface area contributed by atoms with Gasteiger partial charge >= 0.3 is 0 Å². The minimum atomic E-state index is 0. The second-order valence-electron chi connectivity index (χ2n) is 7.23. The molecule has 25 heavy (non-hydrogen) atoms. The highest BCUT2D eigenvalue weighted by molar-refractivity contribution is 14.0. The fourth-order valence-electron chi connectivity index (χ4n) is 3.66. The maximum Gasteiger partial charge on any atom is 0.193 e. The first-order valence-corrected chi connectivity index (χ1v) is 9.52. The molecule has 2 rings (SSSR count). The van der Waals surface area contributed by atoms with Crippen molar-refractivity contribution in [2.45, 2.75) is 65.8 Å². The number of halogens is 1. The summed E-state index contributed by atoms with van der Waals surface area (Å²) in [6, 6.07) is 0. The van der Waals surface area contributed by atoms with E-state index in [4.69, 9.17) is 4.99 Å². The molecule has 1 fully saturated rings. The summed E-state index contributed by atoms with van der Waals surface area (Å²) in [5.41, 5.74) is 0.442. The lowest BCUT2D eigenvalue weighted by Crippen LogP contribution is -2.49. The molecular formula is C18H35IN6. The van der Waals surface area contributed by atoms with Gasteiger partial charge in [0.05, 0.1) is 0 Å². The van der Waals surface area contributed by atoms with E-state index in [0.717, 1.165) is 51.5 Å². The number of aliphatic imine (C=N–C) groups is 1. The van der Waals surface area contributed by atoms with Crippen molar-refractivity contribution in [1.29, 1.82) is 0 Å². The number of nitrogens with zero attached hydrogens (tertiary/aromatic N) is 5. The van der Waals surface area contributed by atoms with Gasteiger partial charge in [0.25, 0.3) is 0 Å². The van der Waals surface area contributed by atoms with Crippen LogP contribution < -0.4 is 5.32 Å². The molecule has 0 aliphatic carbocycles. The molecule has 144 valence electrons. The van der Waals surface area contributed by atoms with Gasteiger partial charge in [-0.2, -0.15) is 0 Å². The van der Waals surface area contributed by atoms with Crippen LogP contribution in [0.4, 0.5) is 0 Å². The Kier molecular flexibility index (Phi) is 10.4. The van der Waals surface area contributed by atoms with E-state index in [-0.39, 0.29) is 24.0 Å². The molecule has 0 bridgehead atoms. The van der Waals surface area contributed by atoms with Crippen LogP contribution in [-0.2, 0) is 6.54 Å². The summed E-state index contributed by atoms with van der Waals surface area (Å²) in [6.07, 6.45) is 10.9. The number of rotatable bonds is 8. The zero-order valence-corrected chi connectivity index (χ0v) is 18.4. The SMILES string of the molecule is CCCC1(C)CCCN(C(=NCCCCn2cnnc2)NCC)C1.I. The molecule has 0 radical (unpaired) electrons. The Hall–Kier alpha value is -0.860. The van der Waals surface area contributed by atoms with Crippen molar-refractivity contribution in [3.05, 3.63) is 12.7 Å². The van der Waals surface area contributed by atoms with Gasteiger partial charge in [0.2, 0.25) is 0 Å². The van der Waals surface area contributed by atoms with Crippen LogP contribution in [0.25, 0.3) is 0 Å². The molecule has 0 saturated carbocycles. The third kappa shape index (κ3) is 7.50. The maximum atomic E-state index is 4.87. The Morgan fingerprint density at radius 1 is 1.24 bits per heavy atom. The molecule has 1 aromatic rings. The molecule has 1 atom stereocenters. The summed E-state index contributed by atoms with van der Waals surface area (Å²) in [5.74, 6) is 1.10. The monoisotopic (exact) mass is 462 g/mol. The van der Waals surface area contributed by atoms with E-state index >= 15 is 0 Å². The van der Waals surface area contributed by atoms with E-state index in [1.54, 1.807) is 12.7 Å². The Morgan fingerprint density at radius 3 is 2.68 bits per heavy atom. The van der Waals surface area contributed by atoms with Gasteiger partial charge < -0.3 is 14.8 Å². The summed E-state index contributed by atoms with van der Waals surface area (Å²) in [7, 11) is 0. The summed E-state index contributed by atoms with van der Waals surface area (Å²) in [6.45, 7) is 11.9. The highest BCUT2D eigenvalue weighted by Gasteiger charge is 2.31. The molecule has 1 N–H and O–H groups in total. The summed E-state index contributed by atoms with van der Waals surface area (Å²) in [4.78, 5) is 7.35. The van der Waals surface area contributed by atoms with Crippen molar-refractivity contribution >= 4 is 29.9 Å². The number of hydrogen-bond acceptors (Lipinski definition) is 3. The van der Waals surface area contributed by atoms with E-state index in [9.17, 15) is 0 Å². The Bertz CT molecular complexity index is 486. The van der Waals surface area contributed by atoms with E-state index in [1.165, 1.54) is 25.7 Å². The lowest BCUT2D eigenvalue weighted by molar-refractivity contribution is 0.142. The Labute approximate surface area is 169 Å². The van der Waals surface area contributed by atoms with E-state index in [2.05, 4.69) is 41.2 Å². The number of aromatic nitrogens is 3. The Balaban J connectivity index is 0.00000312. The molecule has 6 nitrogen and oxygen atoms in total. The van der Waals surface area contributed by atoms with Crippen molar-refractivity contribution in [3.63, 3.8) is 0 Å². The molecule has 1 aliphatic rings. The van der Waals surface area contributed by atoms with Gasteiger partial charge in [-0.25, -0.2) is 0 Å². The predicted molar refractivity (Wildman–Crippen MR) is 114 cm³/mol. The van der Waals surface area contributed by atoms with E-state index in [0.29, 0.717) is 5.41 Å². The molecule has 0 spiro atoms. The van der Waals surface area contributed by atoms with Crippen LogP contribution in [0.5, 0.6) is 0 Å². The quantitative estimate of drug-likeness (QED) is 0.278. The second kappa shape index (κ2) is 11.7. The maximum absolute atomic E-state index is 4.87. The molecule has 0 amide bonds. The largest absolute Gasteiger partial charge is 0.357 e. The molecular weight excluding hydrogens is 427 g/mol. The molecule has 1 aromatic heterocycles. The van der Waals surface area contributed by atoms with Gasteiger partial charge in [0.15, 0.2) is 5.96 Å². The number of likely N-dealkylation sites (tertiary alicyclic amines) is 1. The van der Waals surface area contributed by atoms with Crippen LogP contribution in [0, 0.1) is 5.41 Å². The summed E-state index contributed by atoms with van der Waals surface area (Å²) < 4.78 is 2.02. The topological polar surface area (TPSA) is 58.3 Å². The fourth-order valence-corrected chi connectivity index (χ4v) is 3.66. The number of guanidine groups is 1. The van der Waals surface area contributed by atoms with Gasteiger partial charge in [-0.3, -0.25) is 4.99 Å². The van der Waals surface area contributed by atoms with Crippen LogP contribution in [-0.4, -0.2) is 51.8 Å². The minimum absolute atomic E-state index is 0. The van der Waals surface area contributed by atoms with E-state index < -0.39 is 0 Å². The molecule has 1 aliphatic heterocycles. The third-order valence-electron chi connectivity index (χ3n) is 4.82. The van der Waals surface area contributed by atoms with Gasteiger partial charge in [-0.05, 0) is 44.4 Å². The standard InChI is InChI=1S/C18H34N6.HI/c1-4-9-18(3)10-8-13-24(14-18)17(19-5-2)20-11-6-7-12-23-15-21-22-16-23;/h15-16H,4-14H2,1-3H3,(H,19,20);1H.